The second kappa shape index (κ2) is 6.35. The van der Waals surface area contributed by atoms with Crippen molar-refractivity contribution >= 4 is 40.3 Å². The third-order valence-corrected chi connectivity index (χ3v) is 5.66. The minimum Gasteiger partial charge on any atom is -0.318 e. The first-order valence-corrected chi connectivity index (χ1v) is 9.45. The number of carbonyl (C=O) groups is 1. The van der Waals surface area contributed by atoms with Crippen LogP contribution in [-0.2, 0) is 4.79 Å². The number of hydrazone groups is 1. The van der Waals surface area contributed by atoms with Gasteiger partial charge < -0.3 is 4.57 Å². The third kappa shape index (κ3) is 2.75. The lowest BCUT2D eigenvalue weighted by atomic mass is 10.1. The maximum absolute atomic E-state index is 12.4. The van der Waals surface area contributed by atoms with Gasteiger partial charge in [0.15, 0.2) is 11.0 Å². The van der Waals surface area contributed by atoms with Gasteiger partial charge in [-0.3, -0.25) is 10.2 Å². The van der Waals surface area contributed by atoms with Crippen molar-refractivity contribution in [3.63, 3.8) is 0 Å². The molecule has 136 valence electrons. The molecule has 1 amide bonds. The second-order valence-corrected chi connectivity index (χ2v) is 7.45. The summed E-state index contributed by atoms with van der Waals surface area (Å²) in [5.74, 6) is -0.344. The number of rotatable bonds is 2. The van der Waals surface area contributed by atoms with E-state index in [0.717, 1.165) is 22.6 Å². The van der Waals surface area contributed by atoms with Crippen molar-refractivity contribution in [2.24, 2.45) is 10.1 Å². The SMILES string of the molecule is Cc1cccc(-n2c(C)cc(C=C3C(=N)N4N=CSC4=NC3=O)c2C)c1C. The lowest BCUT2D eigenvalue weighted by molar-refractivity contribution is -0.114. The molecule has 0 atom stereocenters. The summed E-state index contributed by atoms with van der Waals surface area (Å²) < 4.78 is 2.18. The zero-order chi connectivity index (χ0) is 19.3. The van der Waals surface area contributed by atoms with Gasteiger partial charge in [-0.05, 0) is 74.4 Å². The highest BCUT2D eigenvalue weighted by atomic mass is 32.2. The van der Waals surface area contributed by atoms with Crippen LogP contribution >= 0.6 is 11.8 Å². The number of fused-ring (bicyclic) bond motifs is 1. The van der Waals surface area contributed by atoms with Gasteiger partial charge in [0, 0.05) is 17.1 Å². The summed E-state index contributed by atoms with van der Waals surface area (Å²) in [7, 11) is 0. The van der Waals surface area contributed by atoms with E-state index in [1.807, 2.05) is 26.0 Å². The maximum Gasteiger partial charge on any atom is 0.283 e. The number of benzene rings is 1. The Balaban J connectivity index is 1.82. The quantitative estimate of drug-likeness (QED) is 0.805. The van der Waals surface area contributed by atoms with Crippen LogP contribution in [0.1, 0.15) is 28.1 Å². The molecule has 0 bridgehead atoms. The van der Waals surface area contributed by atoms with Gasteiger partial charge in [-0.1, -0.05) is 12.1 Å². The number of thioether (sulfide) groups is 1. The molecular formula is C20H19N5OS. The fourth-order valence-electron chi connectivity index (χ4n) is 3.37. The number of aryl methyl sites for hydroxylation is 2. The summed E-state index contributed by atoms with van der Waals surface area (Å²) in [4.78, 5) is 16.5. The van der Waals surface area contributed by atoms with E-state index < -0.39 is 5.91 Å². The van der Waals surface area contributed by atoms with Crippen molar-refractivity contribution in [1.82, 2.24) is 9.58 Å². The van der Waals surface area contributed by atoms with Crippen molar-refractivity contribution < 1.29 is 4.79 Å². The Morgan fingerprint density at radius 2 is 1.96 bits per heavy atom. The average molecular weight is 377 g/mol. The number of aliphatic imine (C=N–C) groups is 1. The predicted octanol–water partition coefficient (Wildman–Crippen LogP) is 3.96. The number of aromatic nitrogens is 1. The lowest BCUT2D eigenvalue weighted by Gasteiger charge is -2.20. The first-order chi connectivity index (χ1) is 12.9. The molecule has 0 unspecified atom stereocenters. The molecule has 1 aromatic heterocycles. The maximum atomic E-state index is 12.4. The summed E-state index contributed by atoms with van der Waals surface area (Å²) in [6.45, 7) is 8.28. The number of hydrogen-bond donors (Lipinski definition) is 1. The average Bonchev–Trinajstić information content (AvgIpc) is 3.19. The molecule has 0 saturated carbocycles. The number of amides is 1. The van der Waals surface area contributed by atoms with Crippen molar-refractivity contribution in [2.45, 2.75) is 27.7 Å². The molecule has 2 aliphatic heterocycles. The first-order valence-electron chi connectivity index (χ1n) is 8.57. The summed E-state index contributed by atoms with van der Waals surface area (Å²) in [6.07, 6.45) is 1.74. The smallest absolute Gasteiger partial charge is 0.283 e. The number of carbonyl (C=O) groups excluding carboxylic acids is 1. The fourth-order valence-corrected chi connectivity index (χ4v) is 3.98. The molecule has 2 aliphatic rings. The third-order valence-electron chi connectivity index (χ3n) is 4.98. The van der Waals surface area contributed by atoms with Crippen LogP contribution in [0.5, 0.6) is 0 Å². The molecule has 27 heavy (non-hydrogen) atoms. The Hall–Kier alpha value is -2.93. The van der Waals surface area contributed by atoms with E-state index in [-0.39, 0.29) is 11.4 Å². The molecule has 1 aromatic carbocycles. The number of hydrogen-bond acceptors (Lipinski definition) is 4. The number of nitrogens with one attached hydrogen (secondary N) is 1. The van der Waals surface area contributed by atoms with Gasteiger partial charge in [0.25, 0.3) is 5.91 Å². The Morgan fingerprint density at radius 1 is 1.19 bits per heavy atom. The van der Waals surface area contributed by atoms with Crippen LogP contribution in [0, 0.1) is 33.1 Å². The van der Waals surface area contributed by atoms with Crippen molar-refractivity contribution in [1.29, 1.82) is 5.41 Å². The molecule has 7 heteroatoms. The molecule has 2 aromatic rings. The zero-order valence-electron chi connectivity index (χ0n) is 15.6. The highest BCUT2D eigenvalue weighted by molar-refractivity contribution is 8.25. The zero-order valence-corrected chi connectivity index (χ0v) is 16.4. The Bertz CT molecular complexity index is 1090. The standard InChI is InChI=1S/C20H19N5OS/c1-11-6-5-7-17(13(11)3)24-12(2)8-15(14(24)4)9-16-18(21)25-20(23-19(16)26)27-10-22-25/h5-10,21H,1-4H3. The molecule has 0 fully saturated rings. The van der Waals surface area contributed by atoms with Crippen LogP contribution in [0.15, 0.2) is 39.9 Å². The van der Waals surface area contributed by atoms with Gasteiger partial charge in [-0.15, -0.1) is 0 Å². The van der Waals surface area contributed by atoms with Crippen LogP contribution in [0.2, 0.25) is 0 Å². The topological polar surface area (TPSA) is 73.8 Å². The van der Waals surface area contributed by atoms with Gasteiger partial charge in [0.05, 0.1) is 11.1 Å². The van der Waals surface area contributed by atoms with Crippen LogP contribution in [0.3, 0.4) is 0 Å². The summed E-state index contributed by atoms with van der Waals surface area (Å²) in [5.41, 5.74) is 8.39. The molecular weight excluding hydrogens is 358 g/mol. The van der Waals surface area contributed by atoms with Crippen LogP contribution in [0.25, 0.3) is 11.8 Å². The predicted molar refractivity (Wildman–Crippen MR) is 111 cm³/mol. The van der Waals surface area contributed by atoms with Gasteiger partial charge in [0.1, 0.15) is 0 Å². The summed E-state index contributed by atoms with van der Waals surface area (Å²) >= 11 is 1.24. The van der Waals surface area contributed by atoms with Crippen LogP contribution < -0.4 is 0 Å². The van der Waals surface area contributed by atoms with E-state index in [0.29, 0.717) is 5.17 Å². The lowest BCUT2D eigenvalue weighted by Crippen LogP contribution is -2.35. The monoisotopic (exact) mass is 377 g/mol. The van der Waals surface area contributed by atoms with E-state index in [2.05, 4.69) is 40.6 Å². The molecule has 0 aliphatic carbocycles. The van der Waals surface area contributed by atoms with Gasteiger partial charge >= 0.3 is 0 Å². The van der Waals surface area contributed by atoms with Crippen LogP contribution in [0.4, 0.5) is 0 Å². The summed E-state index contributed by atoms with van der Waals surface area (Å²) in [6, 6.07) is 8.28. The number of nitrogens with zero attached hydrogens (tertiary/aromatic N) is 4. The Kier molecular flexibility index (Phi) is 4.11. The minimum atomic E-state index is -0.402. The normalized spacial score (nSPS) is 17.7. The highest BCUT2D eigenvalue weighted by Gasteiger charge is 2.32. The molecule has 1 N–H and O–H groups in total. The van der Waals surface area contributed by atoms with E-state index >= 15 is 0 Å². The van der Waals surface area contributed by atoms with E-state index in [9.17, 15) is 4.79 Å². The summed E-state index contributed by atoms with van der Waals surface area (Å²) in [5, 5.41) is 14.3. The minimum absolute atomic E-state index is 0.0581. The van der Waals surface area contributed by atoms with Gasteiger partial charge in [-0.25, -0.2) is 0 Å². The molecule has 0 radical (unpaired) electrons. The van der Waals surface area contributed by atoms with Crippen LogP contribution in [-0.4, -0.2) is 32.0 Å². The van der Waals surface area contributed by atoms with Crippen molar-refractivity contribution in [2.75, 3.05) is 0 Å². The van der Waals surface area contributed by atoms with Crippen molar-refractivity contribution in [3.05, 3.63) is 57.9 Å². The second-order valence-electron chi connectivity index (χ2n) is 6.64. The number of amidine groups is 2. The van der Waals surface area contributed by atoms with E-state index in [1.54, 1.807) is 11.6 Å². The van der Waals surface area contributed by atoms with Gasteiger partial charge in [0.2, 0.25) is 0 Å². The molecule has 4 rings (SSSR count). The largest absolute Gasteiger partial charge is 0.318 e. The fraction of sp³-hybridized carbons (Fsp3) is 0.200. The van der Waals surface area contributed by atoms with E-state index in [1.165, 1.54) is 27.9 Å². The van der Waals surface area contributed by atoms with Gasteiger partial charge in [-0.2, -0.15) is 15.1 Å². The van der Waals surface area contributed by atoms with E-state index in [4.69, 9.17) is 5.41 Å². The molecule has 0 spiro atoms. The Labute approximate surface area is 161 Å². The molecule has 0 saturated heterocycles. The van der Waals surface area contributed by atoms with Crippen molar-refractivity contribution in [3.8, 4) is 5.69 Å². The first kappa shape index (κ1) is 17.5. The Morgan fingerprint density at radius 3 is 2.74 bits per heavy atom. The molecule has 3 heterocycles. The highest BCUT2D eigenvalue weighted by Crippen LogP contribution is 2.29. The molecule has 6 nitrogen and oxygen atoms in total.